The Labute approximate surface area is 149 Å². The van der Waals surface area contributed by atoms with Crippen LogP contribution in [0.3, 0.4) is 0 Å². The van der Waals surface area contributed by atoms with Gasteiger partial charge in [-0.05, 0) is 54.4 Å². The summed E-state index contributed by atoms with van der Waals surface area (Å²) in [6.07, 6.45) is 0.389. The predicted octanol–water partition coefficient (Wildman–Crippen LogP) is 4.11. The number of hydrogen-bond acceptors (Lipinski definition) is 3. The average Bonchev–Trinajstić information content (AvgIpc) is 3.12. The molecule has 26 heavy (non-hydrogen) atoms. The molecular weight excluding hydrogens is 340 g/mol. The Kier molecular flexibility index (Phi) is 5.63. The molecule has 1 N–H and O–H groups in total. The van der Waals surface area contributed by atoms with Gasteiger partial charge in [-0.25, -0.2) is 8.78 Å². The van der Waals surface area contributed by atoms with Gasteiger partial charge in [0.25, 0.3) is 5.91 Å². The Bertz CT molecular complexity index is 875. The van der Waals surface area contributed by atoms with Crippen molar-refractivity contribution in [2.45, 2.75) is 13.0 Å². The summed E-state index contributed by atoms with van der Waals surface area (Å²) in [7, 11) is 0. The molecule has 0 spiro atoms. The first-order valence-electron chi connectivity index (χ1n) is 8.10. The Morgan fingerprint density at radius 1 is 1.00 bits per heavy atom. The van der Waals surface area contributed by atoms with Gasteiger partial charge in [-0.15, -0.1) is 0 Å². The molecule has 0 saturated carbocycles. The van der Waals surface area contributed by atoms with Gasteiger partial charge in [-0.1, -0.05) is 18.2 Å². The van der Waals surface area contributed by atoms with Crippen molar-refractivity contribution < 1.29 is 22.7 Å². The highest BCUT2D eigenvalue weighted by Gasteiger charge is 2.11. The first-order valence-corrected chi connectivity index (χ1v) is 8.10. The van der Waals surface area contributed by atoms with Gasteiger partial charge in [0.2, 0.25) is 0 Å². The maximum atomic E-state index is 13.5. The Morgan fingerprint density at radius 2 is 1.77 bits per heavy atom. The van der Waals surface area contributed by atoms with Crippen LogP contribution in [0, 0.1) is 11.6 Å². The molecule has 3 aromatic rings. The van der Waals surface area contributed by atoms with Gasteiger partial charge in [0, 0.05) is 6.54 Å². The zero-order valence-corrected chi connectivity index (χ0v) is 13.9. The van der Waals surface area contributed by atoms with Crippen molar-refractivity contribution >= 4 is 5.91 Å². The number of nitrogens with one attached hydrogen (secondary N) is 1. The third kappa shape index (κ3) is 4.69. The fourth-order valence-corrected chi connectivity index (χ4v) is 2.36. The first-order chi connectivity index (χ1) is 12.6. The average molecular weight is 357 g/mol. The van der Waals surface area contributed by atoms with Crippen LogP contribution in [0.1, 0.15) is 21.9 Å². The van der Waals surface area contributed by atoms with Crippen molar-refractivity contribution in [3.8, 4) is 5.75 Å². The molecule has 0 atom stereocenters. The minimum atomic E-state index is -0.380. The van der Waals surface area contributed by atoms with Crippen molar-refractivity contribution in [2.75, 3.05) is 6.54 Å². The van der Waals surface area contributed by atoms with Gasteiger partial charge in [-0.3, -0.25) is 4.79 Å². The molecule has 0 bridgehead atoms. The Morgan fingerprint density at radius 3 is 2.54 bits per heavy atom. The number of rotatable bonds is 7. The molecule has 3 rings (SSSR count). The van der Waals surface area contributed by atoms with Gasteiger partial charge in [-0.2, -0.15) is 0 Å². The van der Waals surface area contributed by atoms with Crippen LogP contribution in [0.2, 0.25) is 0 Å². The number of carbonyl (C=O) groups is 1. The molecule has 0 radical (unpaired) electrons. The summed E-state index contributed by atoms with van der Waals surface area (Å²) in [5.41, 5.74) is 0.542. The van der Waals surface area contributed by atoms with E-state index in [4.69, 9.17) is 9.15 Å². The number of halogens is 2. The van der Waals surface area contributed by atoms with Gasteiger partial charge in [0.05, 0.1) is 0 Å². The minimum absolute atomic E-state index is 0.119. The largest absolute Gasteiger partial charge is 0.486 e. The van der Waals surface area contributed by atoms with Crippen molar-refractivity contribution in [3.05, 3.63) is 89.4 Å². The number of carbonyl (C=O) groups excluding carboxylic acids is 1. The Hall–Kier alpha value is -3.15. The molecule has 1 heterocycles. The van der Waals surface area contributed by atoms with Crippen molar-refractivity contribution in [1.29, 1.82) is 0 Å². The number of benzene rings is 2. The topological polar surface area (TPSA) is 51.5 Å². The highest BCUT2D eigenvalue weighted by molar-refractivity contribution is 5.91. The lowest BCUT2D eigenvalue weighted by Gasteiger charge is -2.05. The van der Waals surface area contributed by atoms with Crippen molar-refractivity contribution in [1.82, 2.24) is 5.32 Å². The van der Waals surface area contributed by atoms with E-state index in [0.717, 1.165) is 0 Å². The maximum absolute atomic E-state index is 13.5. The van der Waals surface area contributed by atoms with Crippen LogP contribution in [0.15, 0.2) is 65.1 Å². The lowest BCUT2D eigenvalue weighted by atomic mass is 10.1. The SMILES string of the molecule is O=C(NCCc1ccccc1F)c1ccc(COc2ccc(F)cc2)o1. The second-order valence-corrected chi connectivity index (χ2v) is 5.61. The molecule has 4 nitrogen and oxygen atoms in total. The number of ether oxygens (including phenoxy) is 1. The van der Waals surface area contributed by atoms with Crippen LogP contribution in [0.5, 0.6) is 5.75 Å². The van der Waals surface area contributed by atoms with Crippen LogP contribution in [-0.4, -0.2) is 12.5 Å². The second kappa shape index (κ2) is 8.29. The van der Waals surface area contributed by atoms with Gasteiger partial charge < -0.3 is 14.5 Å². The highest BCUT2D eigenvalue weighted by atomic mass is 19.1. The molecular formula is C20H17F2NO3. The normalized spacial score (nSPS) is 10.5. The Balaban J connectivity index is 1.48. The third-order valence-corrected chi connectivity index (χ3v) is 3.72. The predicted molar refractivity (Wildman–Crippen MR) is 91.9 cm³/mol. The molecule has 0 aliphatic carbocycles. The van der Waals surface area contributed by atoms with Crippen LogP contribution >= 0.6 is 0 Å². The lowest BCUT2D eigenvalue weighted by molar-refractivity contribution is 0.0922. The standard InChI is InChI=1S/C20H17F2NO3/c21-15-5-7-16(8-6-15)25-13-17-9-10-19(26-17)20(24)23-12-11-14-3-1-2-4-18(14)22/h1-10H,11-13H2,(H,23,24). The molecule has 0 aliphatic rings. The summed E-state index contributed by atoms with van der Waals surface area (Å²) in [6, 6.07) is 15.2. The monoisotopic (exact) mass is 357 g/mol. The zero-order valence-electron chi connectivity index (χ0n) is 13.9. The summed E-state index contributed by atoms with van der Waals surface area (Å²) in [5, 5.41) is 2.69. The quantitative estimate of drug-likeness (QED) is 0.692. The summed E-state index contributed by atoms with van der Waals surface area (Å²) in [4.78, 5) is 12.1. The van der Waals surface area contributed by atoms with Gasteiger partial charge >= 0.3 is 0 Å². The van der Waals surface area contributed by atoms with Crippen LogP contribution < -0.4 is 10.1 Å². The molecule has 0 saturated heterocycles. The van der Waals surface area contributed by atoms with Crippen LogP contribution in [0.4, 0.5) is 8.78 Å². The molecule has 0 unspecified atom stereocenters. The van der Waals surface area contributed by atoms with E-state index in [1.54, 1.807) is 30.3 Å². The van der Waals surface area contributed by atoms with Gasteiger partial charge in [0.1, 0.15) is 29.8 Å². The molecule has 1 amide bonds. The number of amides is 1. The molecule has 2 aromatic carbocycles. The van der Waals surface area contributed by atoms with E-state index < -0.39 is 0 Å². The summed E-state index contributed by atoms with van der Waals surface area (Å²) in [6.45, 7) is 0.413. The second-order valence-electron chi connectivity index (χ2n) is 5.61. The fraction of sp³-hybridized carbons (Fsp3) is 0.150. The third-order valence-electron chi connectivity index (χ3n) is 3.72. The summed E-state index contributed by atoms with van der Waals surface area (Å²) >= 11 is 0. The zero-order chi connectivity index (χ0) is 18.4. The number of furan rings is 1. The fourth-order valence-electron chi connectivity index (χ4n) is 2.36. The van der Waals surface area contributed by atoms with E-state index in [-0.39, 0.29) is 29.9 Å². The van der Waals surface area contributed by atoms with E-state index in [0.29, 0.717) is 30.0 Å². The van der Waals surface area contributed by atoms with E-state index in [1.807, 2.05) is 0 Å². The molecule has 0 fully saturated rings. The first kappa shape index (κ1) is 17.7. The highest BCUT2D eigenvalue weighted by Crippen LogP contribution is 2.15. The molecule has 6 heteroatoms. The van der Waals surface area contributed by atoms with E-state index in [9.17, 15) is 13.6 Å². The van der Waals surface area contributed by atoms with Crippen molar-refractivity contribution in [2.24, 2.45) is 0 Å². The number of hydrogen-bond donors (Lipinski definition) is 1. The van der Waals surface area contributed by atoms with Crippen LogP contribution in [0.25, 0.3) is 0 Å². The molecule has 134 valence electrons. The van der Waals surface area contributed by atoms with Crippen molar-refractivity contribution in [3.63, 3.8) is 0 Å². The minimum Gasteiger partial charge on any atom is -0.486 e. The van der Waals surface area contributed by atoms with Gasteiger partial charge in [0.15, 0.2) is 5.76 Å². The smallest absolute Gasteiger partial charge is 0.287 e. The summed E-state index contributed by atoms with van der Waals surface area (Å²) in [5.74, 6) is 0.0996. The molecule has 1 aromatic heterocycles. The maximum Gasteiger partial charge on any atom is 0.287 e. The lowest BCUT2D eigenvalue weighted by Crippen LogP contribution is -2.25. The van der Waals surface area contributed by atoms with E-state index >= 15 is 0 Å². The van der Waals surface area contributed by atoms with E-state index in [2.05, 4.69) is 5.32 Å². The van der Waals surface area contributed by atoms with Crippen LogP contribution in [-0.2, 0) is 13.0 Å². The molecule has 0 aliphatic heterocycles. The van der Waals surface area contributed by atoms with E-state index in [1.165, 1.54) is 30.3 Å². The summed E-state index contributed by atoms with van der Waals surface area (Å²) < 4.78 is 37.2.